The molecule has 0 bridgehead atoms. The smallest absolute Gasteiger partial charge is 0.462 e. The van der Waals surface area contributed by atoms with Crippen molar-refractivity contribution in [1.82, 2.24) is 0 Å². The van der Waals surface area contributed by atoms with Gasteiger partial charge >= 0.3 is 19.8 Å². The van der Waals surface area contributed by atoms with Crippen LogP contribution in [0.2, 0.25) is 0 Å². The Hall–Kier alpha value is -4.37. The Morgan fingerprint density at radius 1 is 0.416 bits per heavy atom. The van der Waals surface area contributed by atoms with Gasteiger partial charge in [0.1, 0.15) is 19.8 Å². The third-order valence-electron chi connectivity index (χ3n) is 11.8. The number of ether oxygens (including phenoxy) is 2. The minimum atomic E-state index is -4.40. The molecule has 0 radical (unpaired) electrons. The van der Waals surface area contributed by atoms with E-state index >= 15 is 0 Å². The number of esters is 2. The maximum absolute atomic E-state index is 12.8. The van der Waals surface area contributed by atoms with Gasteiger partial charge in [0.25, 0.3) is 0 Å². The number of hydrogen-bond acceptors (Lipinski definition) is 7. The molecule has 0 rings (SSSR count). The van der Waals surface area contributed by atoms with Crippen LogP contribution in [0.5, 0.6) is 0 Å². The maximum atomic E-state index is 12.8. The highest BCUT2D eigenvalue weighted by Gasteiger charge is 2.27. The summed E-state index contributed by atoms with van der Waals surface area (Å²) in [5.74, 6) is -0.850. The van der Waals surface area contributed by atoms with Crippen LogP contribution in [0.25, 0.3) is 0 Å². The second-order valence-corrected chi connectivity index (χ2v) is 21.7. The molecule has 0 heterocycles. The van der Waals surface area contributed by atoms with Crippen molar-refractivity contribution < 1.29 is 42.1 Å². The molecule has 1 N–H and O–H groups in total. The third kappa shape index (κ3) is 60.7. The quantitative estimate of drug-likeness (QED) is 0.0211. The Labute approximate surface area is 471 Å². The van der Waals surface area contributed by atoms with Crippen LogP contribution in [-0.2, 0) is 32.7 Å². The van der Waals surface area contributed by atoms with E-state index in [1.807, 2.05) is 21.1 Å². The molecule has 0 saturated heterocycles. The molecule has 0 aromatic rings. The molecule has 10 heteroatoms. The van der Waals surface area contributed by atoms with Crippen molar-refractivity contribution in [3.63, 3.8) is 0 Å². The number of allylic oxidation sites excluding steroid dienone is 26. The van der Waals surface area contributed by atoms with Crippen molar-refractivity contribution in [2.24, 2.45) is 0 Å². The fourth-order valence-corrected chi connectivity index (χ4v) is 7.95. The molecule has 0 amide bonds. The normalized spacial score (nSPS) is 14.4. The van der Waals surface area contributed by atoms with Gasteiger partial charge < -0.3 is 18.9 Å². The summed E-state index contributed by atoms with van der Waals surface area (Å²) >= 11 is 0. The number of phosphoric ester groups is 1. The van der Waals surface area contributed by atoms with E-state index in [0.717, 1.165) is 148 Å². The standard InChI is InChI=1S/C67H108NO8P/c1-6-8-10-12-14-16-18-20-22-23-24-25-26-27-28-29-30-31-32-33-34-35-36-37-38-39-40-41-42-43-44-45-46-48-50-52-54-56-58-60-67(70)76-65(64-75-77(71,72)74-62-61-68(3,4)5)63-73-66(69)59-57-55-53-51-49-47-21-19-17-15-13-11-9-7-2/h8,10,13-16,19-22,24-25,27-28,30-31,33-34,36-37,39-40,42-43,45-46,65H,6-7,9,11-12,17-18,23,26,29,32,35,38,41,44,47-64H2,1-5H3/p+1/b10-8-,15-13-,16-14-,21-19-,22-20-,25-24-,28-27-,31-30-,34-33-,37-36-,40-39-,43-42-,46-45-. The van der Waals surface area contributed by atoms with Crippen LogP contribution in [0.15, 0.2) is 158 Å². The fraction of sp³-hybridized carbons (Fsp3) is 0.582. The van der Waals surface area contributed by atoms with Crippen molar-refractivity contribution in [3.05, 3.63) is 158 Å². The lowest BCUT2D eigenvalue weighted by atomic mass is 10.1. The van der Waals surface area contributed by atoms with Crippen molar-refractivity contribution in [2.75, 3.05) is 47.5 Å². The van der Waals surface area contributed by atoms with Gasteiger partial charge in [-0.05, 0) is 122 Å². The summed E-state index contributed by atoms with van der Waals surface area (Å²) in [6, 6.07) is 0. The number of carbonyl (C=O) groups is 2. The topological polar surface area (TPSA) is 108 Å². The Kier molecular flexibility index (Phi) is 53.2. The van der Waals surface area contributed by atoms with Crippen LogP contribution in [0.4, 0.5) is 0 Å². The molecule has 2 unspecified atom stereocenters. The van der Waals surface area contributed by atoms with Gasteiger partial charge in [-0.2, -0.15) is 0 Å². The molecule has 0 aromatic carbocycles. The van der Waals surface area contributed by atoms with Crippen LogP contribution >= 0.6 is 7.82 Å². The number of phosphoric acid groups is 1. The van der Waals surface area contributed by atoms with Gasteiger partial charge in [-0.3, -0.25) is 18.6 Å². The SMILES string of the molecule is CC/C=C\C/C=C\C/C=C\C/C=C\C/C=C\C/C=C\C/C=C\C/C=C\C/C=C\C/C=C\C/C=C\CCCCCCCC(=O)OC(COC(=O)CCCCCCC/C=C\C/C=C\CCCC)COP(=O)(O)OCC[N+](C)(C)C. The van der Waals surface area contributed by atoms with Gasteiger partial charge in [0, 0.05) is 12.8 Å². The highest BCUT2D eigenvalue weighted by atomic mass is 31.2. The second kappa shape index (κ2) is 56.4. The minimum Gasteiger partial charge on any atom is -0.462 e. The van der Waals surface area contributed by atoms with E-state index in [2.05, 4.69) is 172 Å². The van der Waals surface area contributed by atoms with E-state index in [4.69, 9.17) is 18.5 Å². The Morgan fingerprint density at radius 2 is 0.740 bits per heavy atom. The minimum absolute atomic E-state index is 0.0165. The van der Waals surface area contributed by atoms with Crippen molar-refractivity contribution in [2.45, 2.75) is 206 Å². The molecule has 0 fully saturated rings. The molecular formula is C67H109NO8P+. The first-order valence-electron chi connectivity index (χ1n) is 29.7. The molecule has 77 heavy (non-hydrogen) atoms. The van der Waals surface area contributed by atoms with Gasteiger partial charge in [0.15, 0.2) is 6.10 Å². The number of nitrogens with zero attached hydrogens (tertiary/aromatic N) is 1. The van der Waals surface area contributed by atoms with Crippen LogP contribution in [-0.4, -0.2) is 74.9 Å². The molecule has 0 aliphatic rings. The first kappa shape index (κ1) is 72.6. The molecule has 0 spiro atoms. The Balaban J connectivity index is 4.20. The lowest BCUT2D eigenvalue weighted by Crippen LogP contribution is -2.37. The van der Waals surface area contributed by atoms with Crippen molar-refractivity contribution >= 4 is 19.8 Å². The summed E-state index contributed by atoms with van der Waals surface area (Å²) in [5, 5.41) is 0. The van der Waals surface area contributed by atoms with Crippen LogP contribution in [0, 0.1) is 0 Å². The highest BCUT2D eigenvalue weighted by Crippen LogP contribution is 2.43. The summed E-state index contributed by atoms with van der Waals surface area (Å²) in [6.07, 6.45) is 84.6. The van der Waals surface area contributed by atoms with Gasteiger partial charge in [-0.1, -0.05) is 223 Å². The lowest BCUT2D eigenvalue weighted by molar-refractivity contribution is -0.870. The zero-order valence-corrected chi connectivity index (χ0v) is 50.0. The highest BCUT2D eigenvalue weighted by molar-refractivity contribution is 7.47. The van der Waals surface area contributed by atoms with Gasteiger partial charge in [0.2, 0.25) is 0 Å². The van der Waals surface area contributed by atoms with Crippen LogP contribution < -0.4 is 0 Å². The number of hydrogen-bond donors (Lipinski definition) is 1. The predicted octanol–water partition coefficient (Wildman–Crippen LogP) is 18.9. The molecule has 0 aromatic heterocycles. The summed E-state index contributed by atoms with van der Waals surface area (Å²) in [6.45, 7) is 4.20. The molecule has 9 nitrogen and oxygen atoms in total. The van der Waals surface area contributed by atoms with Gasteiger partial charge in [0.05, 0.1) is 27.7 Å². The van der Waals surface area contributed by atoms with E-state index in [-0.39, 0.29) is 26.1 Å². The van der Waals surface area contributed by atoms with Gasteiger partial charge in [-0.15, -0.1) is 0 Å². The van der Waals surface area contributed by atoms with E-state index < -0.39 is 32.5 Å². The molecule has 2 atom stereocenters. The number of quaternary nitrogens is 1. The van der Waals surface area contributed by atoms with E-state index in [1.54, 1.807) is 0 Å². The van der Waals surface area contributed by atoms with Crippen molar-refractivity contribution in [3.8, 4) is 0 Å². The van der Waals surface area contributed by atoms with E-state index in [1.165, 1.54) is 12.8 Å². The van der Waals surface area contributed by atoms with E-state index in [0.29, 0.717) is 23.9 Å². The zero-order chi connectivity index (χ0) is 56.3. The lowest BCUT2D eigenvalue weighted by Gasteiger charge is -2.24. The first-order chi connectivity index (χ1) is 37.5. The van der Waals surface area contributed by atoms with Crippen LogP contribution in [0.1, 0.15) is 200 Å². The second-order valence-electron chi connectivity index (χ2n) is 20.3. The average molecular weight is 1090 g/mol. The Morgan fingerprint density at radius 3 is 1.10 bits per heavy atom. The Bertz CT molecular complexity index is 1850. The first-order valence-corrected chi connectivity index (χ1v) is 31.2. The van der Waals surface area contributed by atoms with E-state index in [9.17, 15) is 19.0 Å². The molecular weight excluding hydrogens is 978 g/mol. The monoisotopic (exact) mass is 1090 g/mol. The number of unbranched alkanes of at least 4 members (excludes halogenated alkanes) is 12. The number of rotatable bonds is 52. The number of carbonyl (C=O) groups excluding carboxylic acids is 2. The summed E-state index contributed by atoms with van der Waals surface area (Å²) in [4.78, 5) is 35.6. The summed E-state index contributed by atoms with van der Waals surface area (Å²) < 4.78 is 34.5. The predicted molar refractivity (Wildman–Crippen MR) is 330 cm³/mol. The summed E-state index contributed by atoms with van der Waals surface area (Å²) in [7, 11) is 1.43. The third-order valence-corrected chi connectivity index (χ3v) is 12.8. The zero-order valence-electron chi connectivity index (χ0n) is 49.1. The fourth-order valence-electron chi connectivity index (χ4n) is 7.21. The molecule has 434 valence electrons. The number of likely N-dealkylation sites (N-methyl/N-ethyl adjacent to an activating group) is 1. The maximum Gasteiger partial charge on any atom is 0.472 e. The summed E-state index contributed by atoms with van der Waals surface area (Å²) in [5.41, 5.74) is 0. The van der Waals surface area contributed by atoms with Crippen LogP contribution in [0.3, 0.4) is 0 Å². The molecule has 0 aliphatic heterocycles. The molecule has 0 saturated carbocycles. The van der Waals surface area contributed by atoms with Crippen molar-refractivity contribution in [1.29, 1.82) is 0 Å². The largest absolute Gasteiger partial charge is 0.472 e. The molecule has 0 aliphatic carbocycles. The van der Waals surface area contributed by atoms with Gasteiger partial charge in [-0.25, -0.2) is 4.57 Å². The average Bonchev–Trinajstić information content (AvgIpc) is 3.39.